The van der Waals surface area contributed by atoms with E-state index in [2.05, 4.69) is 74.3 Å². The number of rotatable bonds is 10. The first-order valence-corrected chi connectivity index (χ1v) is 13.2. The van der Waals surface area contributed by atoms with Crippen molar-refractivity contribution >= 4 is 24.6 Å². The summed E-state index contributed by atoms with van der Waals surface area (Å²) in [5.41, 5.74) is 6.83. The van der Waals surface area contributed by atoms with Crippen molar-refractivity contribution in [2.45, 2.75) is 44.6 Å². The van der Waals surface area contributed by atoms with Crippen LogP contribution in [0.15, 0.2) is 79.0 Å². The minimum atomic E-state index is -2.70. The van der Waals surface area contributed by atoms with Gasteiger partial charge in [-0.25, -0.2) is 0 Å². The lowest BCUT2D eigenvalue weighted by Crippen LogP contribution is -2.66. The van der Waals surface area contributed by atoms with Crippen LogP contribution in [0.4, 0.5) is 0 Å². The number of carbonyl (C=O) groups is 1. The monoisotopic (exact) mass is 478 g/mol. The highest BCUT2D eigenvalue weighted by atomic mass is 28.4. The van der Waals surface area contributed by atoms with E-state index in [0.717, 1.165) is 5.56 Å². The van der Waals surface area contributed by atoms with Crippen LogP contribution < -0.4 is 16.1 Å². The van der Waals surface area contributed by atoms with Crippen LogP contribution in [0.25, 0.3) is 0 Å². The van der Waals surface area contributed by atoms with Gasteiger partial charge in [0.1, 0.15) is 5.69 Å². The molecule has 0 bridgehead atoms. The molecule has 1 amide bonds. The van der Waals surface area contributed by atoms with Gasteiger partial charge in [-0.1, -0.05) is 81.4 Å². The Balaban J connectivity index is 2.05. The maximum atomic E-state index is 11.7. The molecular formula is C27H34N2O4Si. The Morgan fingerprint density at radius 3 is 1.88 bits per heavy atom. The van der Waals surface area contributed by atoms with Gasteiger partial charge in [-0.05, 0) is 33.1 Å². The molecule has 0 fully saturated rings. The molecule has 0 saturated carbocycles. The molecule has 0 saturated heterocycles. The number of benzene rings is 2. The minimum Gasteiger partial charge on any atom is -0.403 e. The fraction of sp³-hybridized carbons (Fsp3) is 0.333. The molecule has 1 aromatic heterocycles. The van der Waals surface area contributed by atoms with E-state index < -0.39 is 20.0 Å². The second-order valence-corrected chi connectivity index (χ2v) is 13.6. The molecule has 0 atom stereocenters. The summed E-state index contributed by atoms with van der Waals surface area (Å²) in [5, 5.41) is 2.28. The van der Waals surface area contributed by atoms with E-state index in [1.165, 1.54) is 24.6 Å². The van der Waals surface area contributed by atoms with Crippen molar-refractivity contribution < 1.29 is 18.7 Å². The third kappa shape index (κ3) is 5.13. The van der Waals surface area contributed by atoms with Crippen LogP contribution >= 0.6 is 0 Å². The average molecular weight is 479 g/mol. The van der Waals surface area contributed by atoms with Crippen LogP contribution in [0.2, 0.25) is 5.04 Å². The van der Waals surface area contributed by atoms with Crippen molar-refractivity contribution in [1.29, 1.82) is 0 Å². The molecule has 0 aliphatic rings. The Morgan fingerprint density at radius 1 is 0.912 bits per heavy atom. The molecule has 34 heavy (non-hydrogen) atoms. The summed E-state index contributed by atoms with van der Waals surface area (Å²) < 4.78 is 18.1. The quantitative estimate of drug-likeness (QED) is 0.356. The third-order valence-corrected chi connectivity index (χ3v) is 11.1. The Labute approximate surface area is 203 Å². The molecule has 0 radical (unpaired) electrons. The lowest BCUT2D eigenvalue weighted by atomic mass is 10.1. The van der Waals surface area contributed by atoms with Gasteiger partial charge in [-0.2, -0.15) is 0 Å². The minimum absolute atomic E-state index is 0.139. The van der Waals surface area contributed by atoms with Crippen molar-refractivity contribution in [2.75, 3.05) is 14.2 Å². The standard InChI is InChI=1S/C27H34N2O4Si/c1-26(2,3)34(22-12-8-6-9-13-22,23-14-10-7-11-15-23)33-20-21-16-17-29-24(18-21)27(31-4,32-5)19-25(28)30/h6-18H,19-20H2,1-5H3,(H2,28,30). The molecule has 2 N–H and O–H groups in total. The Hall–Kier alpha value is -2.84. The van der Waals surface area contributed by atoms with Gasteiger partial charge in [0.25, 0.3) is 8.32 Å². The topological polar surface area (TPSA) is 83.7 Å². The van der Waals surface area contributed by atoms with Crippen molar-refractivity contribution in [3.8, 4) is 0 Å². The number of aromatic nitrogens is 1. The number of nitrogens with two attached hydrogens (primary N) is 1. The Kier molecular flexibility index (Phi) is 8.04. The van der Waals surface area contributed by atoms with E-state index in [4.69, 9.17) is 19.6 Å². The molecule has 3 rings (SSSR count). The molecule has 0 aliphatic heterocycles. The highest BCUT2D eigenvalue weighted by Gasteiger charge is 2.50. The van der Waals surface area contributed by atoms with Gasteiger partial charge in [0, 0.05) is 20.4 Å². The van der Waals surface area contributed by atoms with Gasteiger partial charge in [-0.3, -0.25) is 9.78 Å². The fourth-order valence-electron chi connectivity index (χ4n) is 4.48. The largest absolute Gasteiger partial charge is 0.403 e. The van der Waals surface area contributed by atoms with Gasteiger partial charge < -0.3 is 19.6 Å². The maximum absolute atomic E-state index is 11.7. The second kappa shape index (κ2) is 10.6. The van der Waals surface area contributed by atoms with Crippen molar-refractivity contribution in [1.82, 2.24) is 4.98 Å². The zero-order valence-electron chi connectivity index (χ0n) is 20.6. The molecule has 3 aromatic rings. The van der Waals surface area contributed by atoms with Gasteiger partial charge in [0.05, 0.1) is 13.0 Å². The summed E-state index contributed by atoms with van der Waals surface area (Å²) in [6, 6.07) is 24.7. The molecule has 0 unspecified atom stereocenters. The zero-order chi connectivity index (χ0) is 24.8. The smallest absolute Gasteiger partial charge is 0.261 e. The van der Waals surface area contributed by atoms with E-state index in [1.807, 2.05) is 24.3 Å². The third-order valence-electron chi connectivity index (χ3n) is 6.15. The van der Waals surface area contributed by atoms with Crippen LogP contribution in [0.3, 0.4) is 0 Å². The predicted molar refractivity (Wildman–Crippen MR) is 136 cm³/mol. The van der Waals surface area contributed by atoms with Crippen LogP contribution in [-0.2, 0) is 31.1 Å². The summed E-state index contributed by atoms with van der Waals surface area (Å²) >= 11 is 0. The second-order valence-electron chi connectivity index (χ2n) is 9.31. The first-order chi connectivity index (χ1) is 16.2. The summed E-state index contributed by atoms with van der Waals surface area (Å²) in [5.74, 6) is -1.89. The average Bonchev–Trinajstić information content (AvgIpc) is 2.83. The highest BCUT2D eigenvalue weighted by Crippen LogP contribution is 2.37. The van der Waals surface area contributed by atoms with Gasteiger partial charge in [-0.15, -0.1) is 0 Å². The fourth-order valence-corrected chi connectivity index (χ4v) is 9.02. The maximum Gasteiger partial charge on any atom is 0.261 e. The lowest BCUT2D eigenvalue weighted by molar-refractivity contribution is -0.221. The van der Waals surface area contributed by atoms with E-state index >= 15 is 0 Å². The van der Waals surface area contributed by atoms with Crippen molar-refractivity contribution in [3.63, 3.8) is 0 Å². The van der Waals surface area contributed by atoms with Crippen LogP contribution in [0, 0.1) is 0 Å². The van der Waals surface area contributed by atoms with Crippen LogP contribution in [-0.4, -0.2) is 33.4 Å². The number of pyridine rings is 1. The first kappa shape index (κ1) is 25.8. The SMILES string of the molecule is COC(CC(N)=O)(OC)c1cc(CO[Si](c2ccccc2)(c2ccccc2)C(C)(C)C)ccn1. The van der Waals surface area contributed by atoms with E-state index in [1.54, 1.807) is 6.20 Å². The van der Waals surface area contributed by atoms with Crippen molar-refractivity contribution in [3.05, 3.63) is 90.3 Å². The summed E-state index contributed by atoms with van der Waals surface area (Å²) in [6.45, 7) is 7.09. The molecule has 6 nitrogen and oxygen atoms in total. The summed E-state index contributed by atoms with van der Waals surface area (Å²) in [6.07, 6.45) is 1.53. The normalized spacial score (nSPS) is 12.5. The van der Waals surface area contributed by atoms with Crippen LogP contribution in [0.1, 0.15) is 38.4 Å². The Morgan fingerprint density at radius 2 is 1.44 bits per heavy atom. The number of hydrogen-bond acceptors (Lipinski definition) is 5. The predicted octanol–water partition coefficient (Wildman–Crippen LogP) is 3.48. The molecule has 7 heteroatoms. The highest BCUT2D eigenvalue weighted by molar-refractivity contribution is 6.99. The number of amides is 1. The van der Waals surface area contributed by atoms with E-state index in [9.17, 15) is 4.79 Å². The van der Waals surface area contributed by atoms with Gasteiger partial charge in [0.15, 0.2) is 0 Å². The lowest BCUT2D eigenvalue weighted by Gasteiger charge is -2.43. The van der Waals surface area contributed by atoms with Gasteiger partial charge >= 0.3 is 0 Å². The van der Waals surface area contributed by atoms with E-state index in [-0.39, 0.29) is 11.5 Å². The first-order valence-electron chi connectivity index (χ1n) is 11.3. The number of nitrogens with zero attached hydrogens (tertiary/aromatic N) is 1. The molecule has 180 valence electrons. The summed E-state index contributed by atoms with van der Waals surface area (Å²) in [4.78, 5) is 16.1. The molecule has 0 aliphatic carbocycles. The number of ether oxygens (including phenoxy) is 2. The Bertz CT molecular complexity index is 1040. The molecular weight excluding hydrogens is 444 g/mol. The number of primary amides is 1. The molecule has 1 heterocycles. The molecule has 2 aromatic carbocycles. The zero-order valence-corrected chi connectivity index (χ0v) is 21.6. The van der Waals surface area contributed by atoms with Gasteiger partial charge in [0.2, 0.25) is 11.7 Å². The number of methoxy groups -OCH3 is 2. The molecule has 0 spiro atoms. The number of hydrogen-bond donors (Lipinski definition) is 1. The van der Waals surface area contributed by atoms with Crippen molar-refractivity contribution in [2.24, 2.45) is 5.73 Å². The number of carbonyl (C=O) groups excluding carboxylic acids is 1. The van der Waals surface area contributed by atoms with E-state index in [0.29, 0.717) is 12.3 Å². The van der Waals surface area contributed by atoms with Crippen LogP contribution in [0.5, 0.6) is 0 Å². The summed E-state index contributed by atoms with van der Waals surface area (Å²) in [7, 11) is 0.249.